The molecule has 1 aliphatic heterocycles. The van der Waals surface area contributed by atoms with Crippen molar-refractivity contribution in [1.82, 2.24) is 0 Å². The highest BCUT2D eigenvalue weighted by Crippen LogP contribution is 2.38. The molecule has 1 atom stereocenters. The van der Waals surface area contributed by atoms with Gasteiger partial charge in [-0.05, 0) is 24.5 Å². The standard InChI is InChI=1S/C11H12OS/c12-7-3-5-10-8-9-4-1-2-6-11(9)13-10/h1-2,4,6-7,10H,3,5,8H2. The predicted molar refractivity (Wildman–Crippen MR) is 55.1 cm³/mol. The molecule has 1 heterocycles. The van der Waals surface area contributed by atoms with E-state index in [4.69, 9.17) is 0 Å². The molecule has 1 nitrogen and oxygen atoms in total. The normalized spacial score (nSPS) is 19.8. The van der Waals surface area contributed by atoms with E-state index in [1.807, 2.05) is 11.8 Å². The number of benzene rings is 1. The van der Waals surface area contributed by atoms with Gasteiger partial charge in [0.1, 0.15) is 6.29 Å². The summed E-state index contributed by atoms with van der Waals surface area (Å²) in [5.41, 5.74) is 1.45. The highest BCUT2D eigenvalue weighted by Gasteiger charge is 2.20. The van der Waals surface area contributed by atoms with Gasteiger partial charge in [-0.1, -0.05) is 18.2 Å². The quantitative estimate of drug-likeness (QED) is 0.685. The van der Waals surface area contributed by atoms with Crippen LogP contribution in [-0.2, 0) is 11.2 Å². The summed E-state index contributed by atoms with van der Waals surface area (Å²) in [6.45, 7) is 0. The fourth-order valence-corrected chi connectivity index (χ4v) is 3.00. The second kappa shape index (κ2) is 3.97. The predicted octanol–water partition coefficient (Wildman–Crippen LogP) is 2.68. The zero-order valence-corrected chi connectivity index (χ0v) is 8.22. The Morgan fingerprint density at radius 2 is 2.31 bits per heavy atom. The Balaban J connectivity index is 2.01. The van der Waals surface area contributed by atoms with E-state index in [0.29, 0.717) is 11.7 Å². The number of fused-ring (bicyclic) bond motifs is 1. The molecular weight excluding hydrogens is 180 g/mol. The molecule has 1 aliphatic rings. The minimum absolute atomic E-state index is 0.627. The lowest BCUT2D eigenvalue weighted by Crippen LogP contribution is -2.00. The van der Waals surface area contributed by atoms with Crippen molar-refractivity contribution >= 4 is 18.0 Å². The largest absolute Gasteiger partial charge is 0.303 e. The second-order valence-electron chi connectivity index (χ2n) is 3.30. The first-order chi connectivity index (χ1) is 6.40. The Hall–Kier alpha value is -0.760. The Morgan fingerprint density at radius 3 is 3.08 bits per heavy atom. The molecule has 13 heavy (non-hydrogen) atoms. The van der Waals surface area contributed by atoms with Crippen LogP contribution in [0, 0.1) is 0 Å². The van der Waals surface area contributed by atoms with Crippen molar-refractivity contribution in [3.05, 3.63) is 29.8 Å². The third kappa shape index (κ3) is 1.94. The van der Waals surface area contributed by atoms with Crippen molar-refractivity contribution in [2.75, 3.05) is 0 Å². The molecule has 1 aromatic rings. The Morgan fingerprint density at radius 1 is 1.46 bits per heavy atom. The van der Waals surface area contributed by atoms with E-state index in [9.17, 15) is 4.79 Å². The SMILES string of the molecule is O=CCCC1Cc2ccccc2S1. The molecule has 0 aliphatic carbocycles. The van der Waals surface area contributed by atoms with Crippen LogP contribution in [0.3, 0.4) is 0 Å². The van der Waals surface area contributed by atoms with Gasteiger partial charge in [0.15, 0.2) is 0 Å². The number of hydrogen-bond acceptors (Lipinski definition) is 2. The van der Waals surface area contributed by atoms with Gasteiger partial charge in [-0.2, -0.15) is 0 Å². The lowest BCUT2D eigenvalue weighted by molar-refractivity contribution is -0.107. The first-order valence-electron chi connectivity index (χ1n) is 4.58. The molecule has 0 saturated carbocycles. The van der Waals surface area contributed by atoms with Crippen LogP contribution >= 0.6 is 11.8 Å². The maximum atomic E-state index is 10.2. The minimum atomic E-state index is 0.627. The highest BCUT2D eigenvalue weighted by atomic mass is 32.2. The smallest absolute Gasteiger partial charge is 0.120 e. The molecule has 0 fully saturated rings. The highest BCUT2D eigenvalue weighted by molar-refractivity contribution is 8.00. The summed E-state index contributed by atoms with van der Waals surface area (Å²) in [4.78, 5) is 11.6. The van der Waals surface area contributed by atoms with E-state index in [1.54, 1.807) is 0 Å². The van der Waals surface area contributed by atoms with Gasteiger partial charge in [-0.3, -0.25) is 0 Å². The minimum Gasteiger partial charge on any atom is -0.303 e. The molecule has 0 N–H and O–H groups in total. The molecule has 2 rings (SSSR count). The average molecular weight is 192 g/mol. The van der Waals surface area contributed by atoms with Crippen LogP contribution in [-0.4, -0.2) is 11.5 Å². The van der Waals surface area contributed by atoms with E-state index in [-0.39, 0.29) is 0 Å². The Bertz CT molecular complexity index is 284. The first kappa shape index (κ1) is 8.82. The van der Waals surface area contributed by atoms with Crippen molar-refractivity contribution in [2.24, 2.45) is 0 Å². The van der Waals surface area contributed by atoms with Crippen molar-refractivity contribution < 1.29 is 4.79 Å². The number of rotatable bonds is 3. The molecule has 0 bridgehead atoms. The van der Waals surface area contributed by atoms with Gasteiger partial charge in [0.2, 0.25) is 0 Å². The maximum absolute atomic E-state index is 10.2. The van der Waals surface area contributed by atoms with Gasteiger partial charge in [-0.15, -0.1) is 11.8 Å². The van der Waals surface area contributed by atoms with Gasteiger partial charge in [0, 0.05) is 16.6 Å². The molecule has 0 amide bonds. The van der Waals surface area contributed by atoms with E-state index in [1.165, 1.54) is 10.5 Å². The molecule has 0 spiro atoms. The summed E-state index contributed by atoms with van der Waals surface area (Å²) >= 11 is 1.92. The number of carbonyl (C=O) groups excluding carboxylic acids is 1. The summed E-state index contributed by atoms with van der Waals surface area (Å²) in [6, 6.07) is 8.51. The molecule has 0 saturated heterocycles. The fourth-order valence-electron chi connectivity index (χ4n) is 1.67. The van der Waals surface area contributed by atoms with E-state index >= 15 is 0 Å². The van der Waals surface area contributed by atoms with Crippen molar-refractivity contribution in [3.63, 3.8) is 0 Å². The van der Waals surface area contributed by atoms with Gasteiger partial charge in [0.05, 0.1) is 0 Å². The first-order valence-corrected chi connectivity index (χ1v) is 5.46. The van der Waals surface area contributed by atoms with Crippen LogP contribution in [0.15, 0.2) is 29.2 Å². The maximum Gasteiger partial charge on any atom is 0.120 e. The number of aldehydes is 1. The lowest BCUT2D eigenvalue weighted by Gasteiger charge is -2.03. The summed E-state index contributed by atoms with van der Waals surface area (Å²) in [5.74, 6) is 0. The third-order valence-electron chi connectivity index (χ3n) is 2.32. The topological polar surface area (TPSA) is 17.1 Å². The fraction of sp³-hybridized carbons (Fsp3) is 0.364. The van der Waals surface area contributed by atoms with Gasteiger partial charge in [-0.25, -0.2) is 0 Å². The second-order valence-corrected chi connectivity index (χ2v) is 4.64. The molecule has 68 valence electrons. The van der Waals surface area contributed by atoms with Crippen molar-refractivity contribution in [3.8, 4) is 0 Å². The molecular formula is C11H12OS. The van der Waals surface area contributed by atoms with Crippen LogP contribution in [0.1, 0.15) is 18.4 Å². The van der Waals surface area contributed by atoms with Crippen LogP contribution in [0.5, 0.6) is 0 Å². The molecule has 0 radical (unpaired) electrons. The van der Waals surface area contributed by atoms with Crippen LogP contribution < -0.4 is 0 Å². The molecule has 1 aromatic carbocycles. The Kier molecular flexibility index (Phi) is 2.69. The van der Waals surface area contributed by atoms with Gasteiger partial charge >= 0.3 is 0 Å². The van der Waals surface area contributed by atoms with E-state index < -0.39 is 0 Å². The zero-order valence-electron chi connectivity index (χ0n) is 7.40. The van der Waals surface area contributed by atoms with E-state index in [0.717, 1.165) is 19.1 Å². The van der Waals surface area contributed by atoms with Crippen molar-refractivity contribution in [1.29, 1.82) is 0 Å². The number of thioether (sulfide) groups is 1. The number of hydrogen-bond donors (Lipinski definition) is 0. The van der Waals surface area contributed by atoms with Gasteiger partial charge < -0.3 is 4.79 Å². The van der Waals surface area contributed by atoms with Gasteiger partial charge in [0.25, 0.3) is 0 Å². The zero-order chi connectivity index (χ0) is 9.10. The summed E-state index contributed by atoms with van der Waals surface area (Å²) in [7, 11) is 0. The Labute approximate surface area is 82.5 Å². The third-order valence-corrected chi connectivity index (χ3v) is 3.71. The molecule has 1 unspecified atom stereocenters. The van der Waals surface area contributed by atoms with Crippen molar-refractivity contribution in [2.45, 2.75) is 29.4 Å². The average Bonchev–Trinajstić information content (AvgIpc) is 2.57. The van der Waals surface area contributed by atoms with Crippen LogP contribution in [0.25, 0.3) is 0 Å². The molecule has 0 aromatic heterocycles. The monoisotopic (exact) mass is 192 g/mol. The summed E-state index contributed by atoms with van der Waals surface area (Å²) < 4.78 is 0. The summed E-state index contributed by atoms with van der Waals surface area (Å²) in [6.07, 6.45) is 3.87. The van der Waals surface area contributed by atoms with Crippen LogP contribution in [0.4, 0.5) is 0 Å². The summed E-state index contributed by atoms with van der Waals surface area (Å²) in [5, 5.41) is 0.627. The lowest BCUT2D eigenvalue weighted by atomic mass is 10.1. The number of carbonyl (C=O) groups is 1. The van der Waals surface area contributed by atoms with Crippen LogP contribution in [0.2, 0.25) is 0 Å². The van der Waals surface area contributed by atoms with E-state index in [2.05, 4.69) is 24.3 Å². The molecule has 2 heteroatoms.